The van der Waals surface area contributed by atoms with Gasteiger partial charge in [-0.3, -0.25) is 15.1 Å². The fourth-order valence-electron chi connectivity index (χ4n) is 4.25. The van der Waals surface area contributed by atoms with Gasteiger partial charge in [0.25, 0.3) is 0 Å². The molecule has 0 aliphatic carbocycles. The van der Waals surface area contributed by atoms with Gasteiger partial charge in [0.2, 0.25) is 5.91 Å². The third-order valence-electron chi connectivity index (χ3n) is 6.53. The lowest BCUT2D eigenvalue weighted by Crippen LogP contribution is -2.62. The van der Waals surface area contributed by atoms with Crippen LogP contribution < -0.4 is 5.32 Å². The maximum atomic E-state index is 13.4. The highest BCUT2D eigenvalue weighted by molar-refractivity contribution is 8.00. The molecule has 0 unspecified atom stereocenters. The Morgan fingerprint density at radius 3 is 1.95 bits per heavy atom. The van der Waals surface area contributed by atoms with E-state index in [-0.39, 0.29) is 29.4 Å². The Kier molecular flexibility index (Phi) is 13.6. The van der Waals surface area contributed by atoms with E-state index in [1.165, 1.54) is 12.4 Å². The van der Waals surface area contributed by atoms with Crippen LogP contribution in [0.15, 0.2) is 30.6 Å². The highest BCUT2D eigenvalue weighted by Crippen LogP contribution is 2.20. The molecule has 19 heteroatoms. The number of anilines is 1. The van der Waals surface area contributed by atoms with Crippen LogP contribution >= 0.6 is 0 Å². The zero-order chi connectivity index (χ0) is 30.0. The molecule has 190 valence electrons. The van der Waals surface area contributed by atoms with E-state index < -0.39 is 37.2 Å². The number of benzene rings is 1. The summed E-state index contributed by atoms with van der Waals surface area (Å²) in [5.41, 5.74) is 0.559. The van der Waals surface area contributed by atoms with E-state index in [0.717, 1.165) is 37.5 Å². The zero-order valence-corrected chi connectivity index (χ0v) is 22.8. The first-order valence-corrected chi connectivity index (χ1v) is 13.0. The molecule has 1 saturated heterocycles. The van der Waals surface area contributed by atoms with Gasteiger partial charge in [-0.15, -0.1) is 0 Å². The van der Waals surface area contributed by atoms with Crippen molar-refractivity contribution >= 4 is 89.7 Å². The van der Waals surface area contributed by atoms with Gasteiger partial charge in [-0.05, 0) is 31.4 Å². The molecule has 1 aliphatic heterocycles. The maximum Gasteiger partial charge on any atom is 0.323 e. The van der Waals surface area contributed by atoms with E-state index in [4.69, 9.17) is 46.4 Å². The predicted molar refractivity (Wildman–Crippen MR) is 166 cm³/mol. The highest BCUT2D eigenvalue weighted by atomic mass is 19.1. The normalized spacial score (nSPS) is 12.9. The minimum atomic E-state index is -0.701. The molecule has 1 fully saturated rings. The van der Waals surface area contributed by atoms with Gasteiger partial charge in [0.1, 0.15) is 11.6 Å². The number of halogens is 2. The fraction of sp³-hybridized carbons (Fsp3) is 0.429. The van der Waals surface area contributed by atoms with Crippen LogP contribution in [0.1, 0.15) is 32.6 Å². The lowest BCUT2D eigenvalue weighted by Gasteiger charge is -2.36. The summed E-state index contributed by atoms with van der Waals surface area (Å²) in [5, 5.41) is 2.68. The summed E-state index contributed by atoms with van der Waals surface area (Å²) < 4.78 is 26.7. The van der Waals surface area contributed by atoms with Crippen LogP contribution in [-0.2, 0) is 4.79 Å². The lowest BCUT2D eigenvalue weighted by molar-refractivity contribution is -0.132. The van der Waals surface area contributed by atoms with Gasteiger partial charge in [0.15, 0.2) is 5.82 Å². The number of amides is 3. The smallest absolute Gasteiger partial charge is 0.323 e. The second kappa shape index (κ2) is 16.1. The molecular formula is C21H25B10F2N5O2. The number of likely N-dealkylation sites (tertiary alicyclic amines) is 1. The quantitative estimate of drug-likeness (QED) is 0.488. The van der Waals surface area contributed by atoms with Gasteiger partial charge in [-0.2, -0.15) is 0 Å². The molecule has 0 atom stereocenters. The standard InChI is InChI=1S/C21H25F2N5O2.B10/c1-3-4-20(29)28-7-5-17(6-8-28)27(2)21(30)26-19-13-24-18(12-25-19)14-9-15(22)11-16(23)10-14;1-7(2)10(8(3)4)9(5)6/h9-13,17H,3-8H2,1-2H3,(H,25,26,30);. The first kappa shape index (κ1) is 33.8. The molecule has 0 bridgehead atoms. The first-order chi connectivity index (χ1) is 18.8. The molecule has 2 aromatic rings. The zero-order valence-electron chi connectivity index (χ0n) is 22.8. The van der Waals surface area contributed by atoms with Crippen molar-refractivity contribution in [2.45, 2.75) is 38.6 Å². The maximum absolute atomic E-state index is 13.4. The summed E-state index contributed by atoms with van der Waals surface area (Å²) in [5.74, 6) is -0.999. The minimum Gasteiger partial charge on any atom is -0.343 e. The third-order valence-corrected chi connectivity index (χ3v) is 6.53. The molecule has 1 aliphatic rings. The number of rotatable bonds is 8. The van der Waals surface area contributed by atoms with Crippen molar-refractivity contribution in [3.05, 3.63) is 42.2 Å². The number of piperidine rings is 1. The topological polar surface area (TPSA) is 78.4 Å². The Morgan fingerprint density at radius 2 is 1.52 bits per heavy atom. The number of hydrogen-bond acceptors (Lipinski definition) is 4. The van der Waals surface area contributed by atoms with Gasteiger partial charge in [0.05, 0.1) is 18.1 Å². The number of urea groups is 1. The Morgan fingerprint density at radius 1 is 0.975 bits per heavy atom. The fourth-order valence-corrected chi connectivity index (χ4v) is 4.25. The van der Waals surface area contributed by atoms with Crippen LogP contribution in [0.3, 0.4) is 0 Å². The molecule has 3 rings (SSSR count). The summed E-state index contributed by atoms with van der Waals surface area (Å²) in [6.45, 7) is 3.26. The van der Waals surface area contributed by atoms with Crippen LogP contribution in [0.25, 0.3) is 11.3 Å². The second-order valence-electron chi connectivity index (χ2n) is 9.66. The summed E-state index contributed by atoms with van der Waals surface area (Å²) in [6, 6.07) is 2.81. The van der Waals surface area contributed by atoms with E-state index in [1.807, 2.05) is 11.8 Å². The van der Waals surface area contributed by atoms with Crippen molar-refractivity contribution in [2.24, 2.45) is 0 Å². The van der Waals surface area contributed by atoms with E-state index in [1.54, 1.807) is 11.9 Å². The van der Waals surface area contributed by atoms with Crippen molar-refractivity contribution in [2.75, 3.05) is 25.5 Å². The lowest BCUT2D eigenvalue weighted by atomic mass is 8.58. The Hall–Kier alpha value is -2.45. The average molecular weight is 526 g/mol. The van der Waals surface area contributed by atoms with E-state index in [2.05, 4.69) is 15.3 Å². The van der Waals surface area contributed by atoms with Crippen LogP contribution in [0.2, 0.25) is 0 Å². The largest absolute Gasteiger partial charge is 0.343 e. The summed E-state index contributed by atoms with van der Waals surface area (Å²) >= 11 is 0. The Balaban J connectivity index is 0.000000478. The number of carbonyl (C=O) groups excluding carboxylic acids is 2. The number of hydrogen-bond donors (Lipinski definition) is 1. The van der Waals surface area contributed by atoms with E-state index in [0.29, 0.717) is 25.2 Å². The molecule has 3 amide bonds. The number of nitrogens with zero attached hydrogens (tertiary/aromatic N) is 4. The molecule has 1 N–H and O–H groups in total. The number of nitrogens with one attached hydrogen (secondary N) is 1. The van der Waals surface area contributed by atoms with Crippen molar-refractivity contribution in [1.29, 1.82) is 0 Å². The summed E-state index contributed by atoms with van der Waals surface area (Å²) in [6.07, 6.45) is 3.06. The molecule has 12 radical (unpaired) electrons. The number of carbonyl (C=O) groups is 2. The monoisotopic (exact) mass is 527 g/mol. The van der Waals surface area contributed by atoms with Crippen LogP contribution in [-0.4, -0.2) is 130 Å². The highest BCUT2D eigenvalue weighted by Gasteiger charge is 2.27. The van der Waals surface area contributed by atoms with Gasteiger partial charge in [-0.25, -0.2) is 18.6 Å². The molecule has 1 aromatic carbocycles. The molecule has 0 spiro atoms. The van der Waals surface area contributed by atoms with Crippen molar-refractivity contribution in [3.63, 3.8) is 0 Å². The van der Waals surface area contributed by atoms with Gasteiger partial charge >= 0.3 is 6.03 Å². The van der Waals surface area contributed by atoms with Crippen LogP contribution in [0.5, 0.6) is 0 Å². The molecule has 7 nitrogen and oxygen atoms in total. The van der Waals surface area contributed by atoms with Crippen LogP contribution in [0.4, 0.5) is 19.4 Å². The van der Waals surface area contributed by atoms with E-state index >= 15 is 0 Å². The molecule has 0 saturated carbocycles. The molecule has 40 heavy (non-hydrogen) atoms. The minimum absolute atomic E-state index is 0.0261. The number of aromatic nitrogens is 2. The average Bonchev–Trinajstić information content (AvgIpc) is 2.88. The van der Waals surface area contributed by atoms with Gasteiger partial charge in [0, 0.05) is 116 Å². The third kappa shape index (κ3) is 10.2. The second-order valence-corrected chi connectivity index (χ2v) is 9.66. The predicted octanol–water partition coefficient (Wildman–Crippen LogP) is -0.131. The Labute approximate surface area is 245 Å². The molecule has 2 heterocycles. The summed E-state index contributed by atoms with van der Waals surface area (Å²) in [7, 11) is 33.5. The van der Waals surface area contributed by atoms with Gasteiger partial charge in [-0.1, -0.05) is 6.92 Å². The van der Waals surface area contributed by atoms with Crippen LogP contribution in [0, 0.1) is 11.6 Å². The molecule has 1 aromatic heterocycles. The Bertz CT molecular complexity index is 1070. The van der Waals surface area contributed by atoms with Crippen molar-refractivity contribution in [3.8, 4) is 11.3 Å². The van der Waals surface area contributed by atoms with Crippen molar-refractivity contribution < 1.29 is 18.4 Å². The SMILES string of the molecule is CCCC(=O)N1CCC(N(C)C(=O)Nc2cnc(-c3cc(F)cc(F)c3)cn2)CC1.[B]B([B])B(B([B])[B])B([B])[B]. The van der Waals surface area contributed by atoms with Crippen molar-refractivity contribution in [1.82, 2.24) is 19.8 Å². The first-order valence-electron chi connectivity index (χ1n) is 13.0. The van der Waals surface area contributed by atoms with Gasteiger partial charge < -0.3 is 9.80 Å². The van der Waals surface area contributed by atoms with E-state index in [9.17, 15) is 18.4 Å². The molecular weight excluding hydrogens is 500 g/mol. The summed E-state index contributed by atoms with van der Waals surface area (Å²) in [4.78, 5) is 36.2.